The van der Waals surface area contributed by atoms with Crippen molar-refractivity contribution in [3.8, 4) is 5.69 Å². The van der Waals surface area contributed by atoms with Crippen molar-refractivity contribution in [2.24, 2.45) is 5.92 Å². The van der Waals surface area contributed by atoms with Gasteiger partial charge in [0.05, 0.1) is 6.33 Å². The summed E-state index contributed by atoms with van der Waals surface area (Å²) in [5.41, 5.74) is 1.67. The lowest BCUT2D eigenvalue weighted by atomic mass is 9.94. The van der Waals surface area contributed by atoms with Crippen LogP contribution in [0.5, 0.6) is 0 Å². The normalized spacial score (nSPS) is 21.9. The Morgan fingerprint density at radius 2 is 1.85 bits per heavy atom. The Balaban J connectivity index is 1.51. The number of urea groups is 1. The van der Waals surface area contributed by atoms with E-state index in [0.29, 0.717) is 18.0 Å². The van der Waals surface area contributed by atoms with Gasteiger partial charge in [0, 0.05) is 63.4 Å². The molecule has 0 N–H and O–H groups in total. The Morgan fingerprint density at radius 3 is 2.52 bits per heavy atom. The van der Waals surface area contributed by atoms with E-state index >= 15 is 0 Å². The highest BCUT2D eigenvalue weighted by Crippen LogP contribution is 2.29. The van der Waals surface area contributed by atoms with Gasteiger partial charge in [-0.05, 0) is 43.0 Å². The van der Waals surface area contributed by atoms with Gasteiger partial charge >= 0.3 is 6.03 Å². The Labute approximate surface area is 159 Å². The fourth-order valence-corrected chi connectivity index (χ4v) is 4.12. The molecular formula is C20H25N5O2. The van der Waals surface area contributed by atoms with Crippen molar-refractivity contribution < 1.29 is 9.59 Å². The lowest BCUT2D eigenvalue weighted by Gasteiger charge is -2.36. The SMILES string of the molecule is CN(C)C(=O)N1C[C@@H]2CC[C@H](C1)N(C(=O)c1ccc(-n3ccnc3)cc1)C2. The molecule has 0 unspecified atom stereocenters. The van der Waals surface area contributed by atoms with E-state index in [1.54, 1.807) is 31.5 Å². The number of fused-ring (bicyclic) bond motifs is 4. The average molecular weight is 367 g/mol. The van der Waals surface area contributed by atoms with Crippen molar-refractivity contribution in [3.63, 3.8) is 0 Å². The van der Waals surface area contributed by atoms with Crippen LogP contribution in [0.1, 0.15) is 23.2 Å². The molecule has 142 valence electrons. The second-order valence-electron chi connectivity index (χ2n) is 7.65. The molecule has 3 saturated heterocycles. The van der Waals surface area contributed by atoms with E-state index in [0.717, 1.165) is 31.6 Å². The summed E-state index contributed by atoms with van der Waals surface area (Å²) >= 11 is 0. The fraction of sp³-hybridized carbons (Fsp3) is 0.450. The Hall–Kier alpha value is -2.83. The van der Waals surface area contributed by atoms with Crippen molar-refractivity contribution in [2.45, 2.75) is 18.9 Å². The number of nitrogens with zero attached hydrogens (tertiary/aromatic N) is 5. The maximum atomic E-state index is 13.1. The smallest absolute Gasteiger partial charge is 0.319 e. The molecule has 3 fully saturated rings. The number of imidazole rings is 1. The zero-order valence-electron chi connectivity index (χ0n) is 15.8. The van der Waals surface area contributed by atoms with Gasteiger partial charge in [-0.25, -0.2) is 9.78 Å². The van der Waals surface area contributed by atoms with Crippen LogP contribution < -0.4 is 0 Å². The second kappa shape index (κ2) is 7.06. The van der Waals surface area contributed by atoms with E-state index in [-0.39, 0.29) is 18.0 Å². The highest BCUT2D eigenvalue weighted by atomic mass is 16.2. The van der Waals surface area contributed by atoms with Gasteiger partial charge in [-0.2, -0.15) is 0 Å². The Morgan fingerprint density at radius 1 is 1.07 bits per heavy atom. The van der Waals surface area contributed by atoms with Gasteiger partial charge in [-0.1, -0.05) is 0 Å². The van der Waals surface area contributed by atoms with Crippen LogP contribution in [0, 0.1) is 5.92 Å². The molecule has 3 aliphatic heterocycles. The molecule has 27 heavy (non-hydrogen) atoms. The molecule has 0 spiro atoms. The molecule has 0 aliphatic carbocycles. The van der Waals surface area contributed by atoms with Gasteiger partial charge in [0.1, 0.15) is 0 Å². The number of amides is 3. The third kappa shape index (κ3) is 3.41. The predicted octanol–water partition coefficient (Wildman–Crippen LogP) is 2.09. The molecular weight excluding hydrogens is 342 g/mol. The van der Waals surface area contributed by atoms with Crippen molar-refractivity contribution >= 4 is 11.9 Å². The summed E-state index contributed by atoms with van der Waals surface area (Å²) in [4.78, 5) is 35.1. The lowest BCUT2D eigenvalue weighted by molar-refractivity contribution is 0.0586. The molecule has 2 atom stereocenters. The summed E-state index contributed by atoms with van der Waals surface area (Å²) < 4.78 is 1.91. The van der Waals surface area contributed by atoms with Gasteiger partial charge in [-0.15, -0.1) is 0 Å². The Bertz CT molecular complexity index is 815. The number of rotatable bonds is 2. The minimum atomic E-state index is 0.0332. The first-order chi connectivity index (χ1) is 13.0. The number of aromatic nitrogens is 2. The second-order valence-corrected chi connectivity index (χ2v) is 7.65. The number of carbonyl (C=O) groups excluding carboxylic acids is 2. The predicted molar refractivity (Wildman–Crippen MR) is 102 cm³/mol. The molecule has 3 amide bonds. The first kappa shape index (κ1) is 17.6. The van der Waals surface area contributed by atoms with Crippen LogP contribution in [0.3, 0.4) is 0 Å². The van der Waals surface area contributed by atoms with Crippen molar-refractivity contribution in [2.75, 3.05) is 33.7 Å². The third-order valence-electron chi connectivity index (χ3n) is 5.54. The van der Waals surface area contributed by atoms with Crippen LogP contribution >= 0.6 is 0 Å². The van der Waals surface area contributed by atoms with E-state index in [1.165, 1.54) is 0 Å². The quantitative estimate of drug-likeness (QED) is 0.817. The largest absolute Gasteiger partial charge is 0.334 e. The van der Waals surface area contributed by atoms with Gasteiger partial charge < -0.3 is 19.3 Å². The maximum absolute atomic E-state index is 13.1. The van der Waals surface area contributed by atoms with Gasteiger partial charge in [0.2, 0.25) is 0 Å². The van der Waals surface area contributed by atoms with Crippen LogP contribution in [0.4, 0.5) is 4.79 Å². The minimum Gasteiger partial charge on any atom is -0.334 e. The van der Waals surface area contributed by atoms with E-state index in [1.807, 2.05) is 44.8 Å². The van der Waals surface area contributed by atoms with Gasteiger partial charge in [-0.3, -0.25) is 4.79 Å². The first-order valence-electron chi connectivity index (χ1n) is 9.38. The van der Waals surface area contributed by atoms with E-state index in [2.05, 4.69) is 4.98 Å². The fourth-order valence-electron chi connectivity index (χ4n) is 4.12. The number of carbonyl (C=O) groups is 2. The van der Waals surface area contributed by atoms with Crippen LogP contribution in [0.2, 0.25) is 0 Å². The third-order valence-corrected chi connectivity index (χ3v) is 5.54. The summed E-state index contributed by atoms with van der Waals surface area (Å²) in [7, 11) is 3.56. The van der Waals surface area contributed by atoms with Crippen LogP contribution in [-0.4, -0.2) is 76.0 Å². The van der Waals surface area contributed by atoms with Gasteiger partial charge in [0.25, 0.3) is 5.91 Å². The summed E-state index contributed by atoms with van der Waals surface area (Å²) in [6, 6.07) is 7.75. The molecule has 2 aromatic rings. The zero-order chi connectivity index (χ0) is 19.0. The number of piperidine rings is 1. The summed E-state index contributed by atoms with van der Waals surface area (Å²) in [5, 5.41) is 0. The van der Waals surface area contributed by atoms with Crippen LogP contribution in [0.15, 0.2) is 43.0 Å². The molecule has 0 saturated carbocycles. The minimum absolute atomic E-state index is 0.0332. The molecule has 2 bridgehead atoms. The van der Waals surface area contributed by atoms with Crippen molar-refractivity contribution in [3.05, 3.63) is 48.5 Å². The molecule has 1 aromatic heterocycles. The summed E-state index contributed by atoms with van der Waals surface area (Å²) in [5.74, 6) is 0.405. The lowest BCUT2D eigenvalue weighted by Crippen LogP contribution is -2.48. The number of benzene rings is 1. The standard InChI is InChI=1S/C20H25N5O2/c1-22(2)20(27)24-11-15-3-6-18(13-24)25(12-15)19(26)16-4-7-17(8-5-16)23-10-9-21-14-23/h4-5,7-10,14-15,18H,3,6,11-13H2,1-2H3/t15-,18+/m0/s1. The maximum Gasteiger partial charge on any atom is 0.319 e. The van der Waals surface area contributed by atoms with Crippen molar-refractivity contribution in [1.82, 2.24) is 24.3 Å². The number of hydrogen-bond acceptors (Lipinski definition) is 3. The molecule has 7 nitrogen and oxygen atoms in total. The highest BCUT2D eigenvalue weighted by Gasteiger charge is 2.39. The number of hydrogen-bond donors (Lipinski definition) is 0. The van der Waals surface area contributed by atoms with Gasteiger partial charge in [0.15, 0.2) is 0 Å². The van der Waals surface area contributed by atoms with E-state index in [9.17, 15) is 9.59 Å². The summed E-state index contributed by atoms with van der Waals surface area (Å²) in [6.07, 6.45) is 7.38. The molecule has 5 rings (SSSR count). The molecule has 0 radical (unpaired) electrons. The molecule has 3 aliphatic rings. The topological polar surface area (TPSA) is 61.7 Å². The molecule has 7 heteroatoms. The first-order valence-corrected chi connectivity index (χ1v) is 9.38. The van der Waals surface area contributed by atoms with E-state index in [4.69, 9.17) is 0 Å². The Kier molecular flexibility index (Phi) is 4.59. The highest BCUT2D eigenvalue weighted by molar-refractivity contribution is 5.94. The average Bonchev–Trinajstić information content (AvgIpc) is 3.07. The van der Waals surface area contributed by atoms with Crippen LogP contribution in [-0.2, 0) is 0 Å². The summed E-state index contributed by atoms with van der Waals surface area (Å²) in [6.45, 7) is 2.08. The monoisotopic (exact) mass is 367 g/mol. The zero-order valence-corrected chi connectivity index (χ0v) is 15.8. The molecule has 4 heterocycles. The molecule has 1 aromatic carbocycles. The van der Waals surface area contributed by atoms with E-state index < -0.39 is 0 Å². The van der Waals surface area contributed by atoms with Crippen LogP contribution in [0.25, 0.3) is 5.69 Å². The van der Waals surface area contributed by atoms with Crippen molar-refractivity contribution in [1.29, 1.82) is 0 Å².